The van der Waals surface area contributed by atoms with Crippen LogP contribution in [0.5, 0.6) is 0 Å². The van der Waals surface area contributed by atoms with Gasteiger partial charge in [0.1, 0.15) is 0 Å². The molecule has 0 bridgehead atoms. The van der Waals surface area contributed by atoms with E-state index in [2.05, 4.69) is 10.4 Å². The van der Waals surface area contributed by atoms with Gasteiger partial charge in [0.2, 0.25) is 0 Å². The molecule has 0 radical (unpaired) electrons. The summed E-state index contributed by atoms with van der Waals surface area (Å²) < 4.78 is 6.17. The van der Waals surface area contributed by atoms with Crippen molar-refractivity contribution in [3.05, 3.63) is 51.3 Å². The second kappa shape index (κ2) is 6.90. The minimum Gasteiger partial charge on any atom is -0.464 e. The Balaban J connectivity index is 2.33. The number of nitro benzene ring substituents is 1. The number of nitrogens with one attached hydrogen (secondary N) is 1. The number of carbonyl (C=O) groups is 2. The number of hydrogen-bond donors (Lipinski definition) is 1. The molecule has 1 N–H and O–H groups in total. The van der Waals surface area contributed by atoms with Crippen molar-refractivity contribution in [3.8, 4) is 0 Å². The normalized spacial score (nSPS) is 10.3. The van der Waals surface area contributed by atoms with Crippen molar-refractivity contribution in [2.24, 2.45) is 0 Å². The quantitative estimate of drug-likeness (QED) is 0.509. The number of carbonyl (C=O) groups excluding carboxylic acids is 2. The second-order valence-corrected chi connectivity index (χ2v) is 4.87. The fourth-order valence-corrected chi connectivity index (χ4v) is 2.18. The van der Waals surface area contributed by atoms with Gasteiger partial charge in [0.25, 0.3) is 11.6 Å². The summed E-state index contributed by atoms with van der Waals surface area (Å²) in [6.45, 7) is 3.89. The topological polar surface area (TPSA) is 116 Å². The zero-order valence-corrected chi connectivity index (χ0v) is 13.4. The van der Waals surface area contributed by atoms with Crippen LogP contribution in [-0.2, 0) is 11.3 Å². The van der Waals surface area contributed by atoms with Crippen LogP contribution in [0.2, 0.25) is 0 Å². The SMILES string of the molecule is CCn1nc(C)c(NC(=O)c2ccc([N+](=O)[O-])cc2)c1C(=O)OC. The number of benzene rings is 1. The molecule has 0 spiro atoms. The molecule has 2 aromatic rings. The van der Waals surface area contributed by atoms with Crippen molar-refractivity contribution in [2.75, 3.05) is 12.4 Å². The smallest absolute Gasteiger partial charge is 0.358 e. The highest BCUT2D eigenvalue weighted by Gasteiger charge is 2.23. The van der Waals surface area contributed by atoms with Gasteiger partial charge in [-0.3, -0.25) is 19.6 Å². The molecule has 0 unspecified atom stereocenters. The van der Waals surface area contributed by atoms with Crippen LogP contribution < -0.4 is 5.32 Å². The largest absolute Gasteiger partial charge is 0.464 e. The molecule has 1 heterocycles. The fourth-order valence-electron chi connectivity index (χ4n) is 2.18. The molecule has 24 heavy (non-hydrogen) atoms. The number of hydrogen-bond acceptors (Lipinski definition) is 6. The van der Waals surface area contributed by atoms with Crippen LogP contribution in [0.3, 0.4) is 0 Å². The first-order valence-electron chi connectivity index (χ1n) is 7.10. The van der Waals surface area contributed by atoms with Crippen molar-refractivity contribution >= 4 is 23.3 Å². The van der Waals surface area contributed by atoms with Crippen LogP contribution in [0.1, 0.15) is 33.5 Å². The predicted molar refractivity (Wildman–Crippen MR) is 85.0 cm³/mol. The average Bonchev–Trinajstić information content (AvgIpc) is 2.90. The molecule has 126 valence electrons. The maximum absolute atomic E-state index is 12.3. The van der Waals surface area contributed by atoms with Crippen molar-refractivity contribution < 1.29 is 19.2 Å². The van der Waals surface area contributed by atoms with Gasteiger partial charge in [-0.15, -0.1) is 0 Å². The molecule has 1 aromatic carbocycles. The number of aryl methyl sites for hydroxylation is 2. The lowest BCUT2D eigenvalue weighted by atomic mass is 10.2. The zero-order chi connectivity index (χ0) is 17.9. The van der Waals surface area contributed by atoms with Crippen molar-refractivity contribution in [1.29, 1.82) is 0 Å². The summed E-state index contributed by atoms with van der Waals surface area (Å²) in [6, 6.07) is 5.15. The molecule has 0 atom stereocenters. The van der Waals surface area contributed by atoms with E-state index in [1.54, 1.807) is 13.8 Å². The van der Waals surface area contributed by atoms with Crippen LogP contribution in [0.25, 0.3) is 0 Å². The maximum atomic E-state index is 12.3. The van der Waals surface area contributed by atoms with Gasteiger partial charge in [-0.05, 0) is 26.0 Å². The van der Waals surface area contributed by atoms with Gasteiger partial charge in [-0.1, -0.05) is 0 Å². The molecule has 1 amide bonds. The molecule has 0 aliphatic rings. The highest BCUT2D eigenvalue weighted by atomic mass is 16.6. The Labute approximate surface area is 137 Å². The third-order valence-corrected chi connectivity index (χ3v) is 3.38. The number of esters is 1. The number of methoxy groups -OCH3 is 1. The van der Waals surface area contributed by atoms with Gasteiger partial charge in [0.05, 0.1) is 23.4 Å². The van der Waals surface area contributed by atoms with E-state index in [-0.39, 0.29) is 22.6 Å². The van der Waals surface area contributed by atoms with Gasteiger partial charge in [-0.25, -0.2) is 4.79 Å². The molecule has 9 nitrogen and oxygen atoms in total. The summed E-state index contributed by atoms with van der Waals surface area (Å²) in [5, 5.41) is 17.5. The number of aromatic nitrogens is 2. The molecule has 0 aliphatic heterocycles. The lowest BCUT2D eigenvalue weighted by molar-refractivity contribution is -0.384. The molecule has 0 saturated carbocycles. The van der Waals surface area contributed by atoms with Crippen LogP contribution in [0, 0.1) is 17.0 Å². The van der Waals surface area contributed by atoms with Gasteiger partial charge >= 0.3 is 5.97 Å². The summed E-state index contributed by atoms with van der Waals surface area (Å²) in [4.78, 5) is 34.4. The van der Waals surface area contributed by atoms with E-state index >= 15 is 0 Å². The minimum atomic E-state index is -0.614. The zero-order valence-electron chi connectivity index (χ0n) is 13.4. The molecule has 9 heteroatoms. The van der Waals surface area contributed by atoms with E-state index in [1.807, 2.05) is 0 Å². The first-order chi connectivity index (χ1) is 11.4. The third kappa shape index (κ3) is 3.24. The lowest BCUT2D eigenvalue weighted by Gasteiger charge is -2.08. The highest BCUT2D eigenvalue weighted by molar-refractivity contribution is 6.08. The van der Waals surface area contributed by atoms with E-state index in [9.17, 15) is 19.7 Å². The Morgan fingerprint density at radius 1 is 1.33 bits per heavy atom. The summed E-state index contributed by atoms with van der Waals surface area (Å²) in [5.74, 6) is -1.12. The molecular formula is C15H16N4O5. The molecule has 0 aliphatic carbocycles. The number of amides is 1. The van der Waals surface area contributed by atoms with E-state index in [0.29, 0.717) is 12.2 Å². The van der Waals surface area contributed by atoms with Crippen LogP contribution in [0.4, 0.5) is 11.4 Å². The van der Waals surface area contributed by atoms with Gasteiger partial charge in [0, 0.05) is 24.2 Å². The van der Waals surface area contributed by atoms with Crippen LogP contribution >= 0.6 is 0 Å². The number of ether oxygens (including phenoxy) is 1. The third-order valence-electron chi connectivity index (χ3n) is 3.38. The van der Waals surface area contributed by atoms with Gasteiger partial charge < -0.3 is 10.1 Å². The van der Waals surface area contributed by atoms with Crippen molar-refractivity contribution in [1.82, 2.24) is 9.78 Å². The summed E-state index contributed by atoms with van der Waals surface area (Å²) in [7, 11) is 1.24. The second-order valence-electron chi connectivity index (χ2n) is 4.87. The highest BCUT2D eigenvalue weighted by Crippen LogP contribution is 2.22. The predicted octanol–water partition coefficient (Wildman–Crippen LogP) is 2.16. The first-order valence-corrected chi connectivity index (χ1v) is 7.10. The fraction of sp³-hybridized carbons (Fsp3) is 0.267. The summed E-state index contributed by atoms with van der Waals surface area (Å²) in [6.07, 6.45) is 0. The Kier molecular flexibility index (Phi) is 4.93. The first kappa shape index (κ1) is 17.1. The van der Waals surface area contributed by atoms with Crippen LogP contribution in [-0.4, -0.2) is 33.7 Å². The van der Waals surface area contributed by atoms with E-state index in [0.717, 1.165) is 0 Å². The maximum Gasteiger partial charge on any atom is 0.358 e. The lowest BCUT2D eigenvalue weighted by Crippen LogP contribution is -2.17. The number of anilines is 1. The van der Waals surface area contributed by atoms with E-state index < -0.39 is 16.8 Å². The molecule has 2 rings (SSSR count). The Morgan fingerprint density at radius 2 is 1.96 bits per heavy atom. The molecular weight excluding hydrogens is 316 g/mol. The summed E-state index contributed by atoms with van der Waals surface area (Å²) in [5.41, 5.74) is 0.976. The monoisotopic (exact) mass is 332 g/mol. The van der Waals surface area contributed by atoms with Crippen molar-refractivity contribution in [2.45, 2.75) is 20.4 Å². The van der Waals surface area contributed by atoms with E-state index in [4.69, 9.17) is 4.74 Å². The Morgan fingerprint density at radius 3 is 2.46 bits per heavy atom. The summed E-state index contributed by atoms with van der Waals surface area (Å²) >= 11 is 0. The number of non-ortho nitro benzene ring substituents is 1. The average molecular weight is 332 g/mol. The number of nitro groups is 1. The molecule has 1 aromatic heterocycles. The Hall–Kier alpha value is -3.23. The molecule has 0 fully saturated rings. The van der Waals surface area contributed by atoms with Crippen LogP contribution in [0.15, 0.2) is 24.3 Å². The van der Waals surface area contributed by atoms with Gasteiger partial charge in [0.15, 0.2) is 5.69 Å². The van der Waals surface area contributed by atoms with E-state index in [1.165, 1.54) is 36.1 Å². The standard InChI is InChI=1S/C15H16N4O5/c1-4-18-13(15(21)24-3)12(9(2)17-18)16-14(20)10-5-7-11(8-6-10)19(22)23/h5-8H,4H2,1-3H3,(H,16,20). The molecule has 0 saturated heterocycles. The van der Waals surface area contributed by atoms with Crippen molar-refractivity contribution in [3.63, 3.8) is 0 Å². The minimum absolute atomic E-state index is 0.114. The number of nitrogens with zero attached hydrogens (tertiary/aromatic N) is 3. The van der Waals surface area contributed by atoms with Gasteiger partial charge in [-0.2, -0.15) is 5.10 Å². The number of rotatable bonds is 5. The Bertz CT molecular complexity index is 795.